The van der Waals surface area contributed by atoms with Gasteiger partial charge in [0, 0.05) is 56.2 Å². The van der Waals surface area contributed by atoms with Gasteiger partial charge in [0.15, 0.2) is 0 Å². The molecule has 0 saturated carbocycles. The molecule has 6 heteroatoms. The van der Waals surface area contributed by atoms with Gasteiger partial charge in [-0.1, -0.05) is 24.3 Å². The highest BCUT2D eigenvalue weighted by atomic mass is 16.1. The molecule has 156 valence electrons. The van der Waals surface area contributed by atoms with Crippen molar-refractivity contribution < 1.29 is 4.79 Å². The minimum atomic E-state index is -0.101. The number of piperazine rings is 1. The van der Waals surface area contributed by atoms with Crippen LogP contribution in [0.2, 0.25) is 0 Å². The minimum Gasteiger partial charge on any atom is -0.369 e. The zero-order chi connectivity index (χ0) is 21.1. The van der Waals surface area contributed by atoms with Gasteiger partial charge in [-0.25, -0.2) is 0 Å². The molecule has 3 aromatic rings. The molecule has 1 aliphatic rings. The summed E-state index contributed by atoms with van der Waals surface area (Å²) in [6.07, 6.45) is 3.85. The summed E-state index contributed by atoms with van der Waals surface area (Å²) in [5, 5.41) is 10.8. The molecule has 6 nitrogen and oxygen atoms in total. The standard InChI is InChI=1S/C24H29N5O/c1-17-7-8-22(29-11-9-25-10-12-29)14-23(17)24(30)27-18(2)19-5-4-6-20(13-19)21-15-26-28(3)16-21/h4-8,13-16,18,25H,9-12H2,1-3H3,(H,27,30). The minimum absolute atomic E-state index is 0.0382. The van der Waals surface area contributed by atoms with Crippen LogP contribution in [0.3, 0.4) is 0 Å². The van der Waals surface area contributed by atoms with Gasteiger partial charge in [0.2, 0.25) is 0 Å². The molecular formula is C24H29N5O. The monoisotopic (exact) mass is 403 g/mol. The predicted octanol–water partition coefficient (Wildman–Crippen LogP) is 3.30. The molecular weight excluding hydrogens is 374 g/mol. The lowest BCUT2D eigenvalue weighted by atomic mass is 10.0. The Morgan fingerprint density at radius 3 is 2.67 bits per heavy atom. The SMILES string of the molecule is Cc1ccc(N2CCNCC2)cc1C(=O)NC(C)c1cccc(-c2cnn(C)c2)c1. The first kappa shape index (κ1) is 20.2. The predicted molar refractivity (Wildman–Crippen MR) is 121 cm³/mol. The second-order valence-corrected chi connectivity index (χ2v) is 7.96. The summed E-state index contributed by atoms with van der Waals surface area (Å²) < 4.78 is 1.79. The number of hydrogen-bond donors (Lipinski definition) is 2. The summed E-state index contributed by atoms with van der Waals surface area (Å²) in [6, 6.07) is 14.3. The average Bonchev–Trinajstić information content (AvgIpc) is 3.21. The zero-order valence-electron chi connectivity index (χ0n) is 17.9. The third kappa shape index (κ3) is 4.39. The molecule has 0 radical (unpaired) electrons. The molecule has 1 saturated heterocycles. The van der Waals surface area contributed by atoms with E-state index in [0.717, 1.165) is 59.7 Å². The van der Waals surface area contributed by atoms with Crippen LogP contribution in [-0.4, -0.2) is 41.9 Å². The van der Waals surface area contributed by atoms with Gasteiger partial charge in [0.1, 0.15) is 0 Å². The van der Waals surface area contributed by atoms with Crippen molar-refractivity contribution in [1.82, 2.24) is 20.4 Å². The topological polar surface area (TPSA) is 62.2 Å². The summed E-state index contributed by atoms with van der Waals surface area (Å²) in [7, 11) is 1.91. The number of amides is 1. The van der Waals surface area contributed by atoms with E-state index in [0.29, 0.717) is 0 Å². The number of nitrogens with zero attached hydrogens (tertiary/aromatic N) is 3. The number of carbonyl (C=O) groups is 1. The van der Waals surface area contributed by atoms with Crippen LogP contribution in [0.5, 0.6) is 0 Å². The molecule has 0 spiro atoms. The molecule has 0 aliphatic carbocycles. The van der Waals surface area contributed by atoms with E-state index < -0.39 is 0 Å². The van der Waals surface area contributed by atoms with Crippen molar-refractivity contribution in [2.75, 3.05) is 31.1 Å². The number of nitrogens with one attached hydrogen (secondary N) is 2. The van der Waals surface area contributed by atoms with E-state index in [9.17, 15) is 4.79 Å². The summed E-state index contributed by atoms with van der Waals surface area (Å²) in [5.41, 5.74) is 6.07. The van der Waals surface area contributed by atoms with Crippen molar-refractivity contribution in [3.8, 4) is 11.1 Å². The maximum atomic E-state index is 13.1. The van der Waals surface area contributed by atoms with Gasteiger partial charge in [0.25, 0.3) is 5.91 Å². The van der Waals surface area contributed by atoms with Crippen molar-refractivity contribution in [3.05, 3.63) is 71.5 Å². The van der Waals surface area contributed by atoms with Crippen LogP contribution in [0.15, 0.2) is 54.9 Å². The third-order valence-corrected chi connectivity index (χ3v) is 5.72. The molecule has 30 heavy (non-hydrogen) atoms. The van der Waals surface area contributed by atoms with Gasteiger partial charge in [-0.15, -0.1) is 0 Å². The van der Waals surface area contributed by atoms with Crippen molar-refractivity contribution >= 4 is 11.6 Å². The van der Waals surface area contributed by atoms with E-state index >= 15 is 0 Å². The number of aromatic nitrogens is 2. The molecule has 2 aromatic carbocycles. The first-order chi connectivity index (χ1) is 14.5. The van der Waals surface area contributed by atoms with Crippen LogP contribution >= 0.6 is 0 Å². The maximum absolute atomic E-state index is 13.1. The molecule has 2 N–H and O–H groups in total. The molecule has 1 aromatic heterocycles. The Balaban J connectivity index is 1.51. The normalized spacial score (nSPS) is 15.1. The Bertz CT molecular complexity index is 1040. The Labute approximate surface area is 177 Å². The number of aryl methyl sites for hydroxylation is 2. The maximum Gasteiger partial charge on any atom is 0.252 e. The molecule has 0 bridgehead atoms. The van der Waals surface area contributed by atoms with E-state index in [2.05, 4.69) is 44.9 Å². The van der Waals surface area contributed by atoms with E-state index in [1.54, 1.807) is 4.68 Å². The van der Waals surface area contributed by atoms with E-state index in [1.807, 2.05) is 51.5 Å². The number of rotatable bonds is 5. The Morgan fingerprint density at radius 2 is 1.93 bits per heavy atom. The van der Waals surface area contributed by atoms with Crippen molar-refractivity contribution in [2.45, 2.75) is 19.9 Å². The highest BCUT2D eigenvalue weighted by molar-refractivity contribution is 5.96. The highest BCUT2D eigenvalue weighted by Crippen LogP contribution is 2.24. The first-order valence-electron chi connectivity index (χ1n) is 10.5. The smallest absolute Gasteiger partial charge is 0.252 e. The van der Waals surface area contributed by atoms with Crippen LogP contribution in [0.25, 0.3) is 11.1 Å². The zero-order valence-corrected chi connectivity index (χ0v) is 17.9. The van der Waals surface area contributed by atoms with Crippen LogP contribution in [-0.2, 0) is 7.05 Å². The highest BCUT2D eigenvalue weighted by Gasteiger charge is 2.17. The lowest BCUT2D eigenvalue weighted by molar-refractivity contribution is 0.0939. The van der Waals surface area contributed by atoms with E-state index in [-0.39, 0.29) is 11.9 Å². The number of benzene rings is 2. The summed E-state index contributed by atoms with van der Waals surface area (Å²) in [6.45, 7) is 7.88. The summed E-state index contributed by atoms with van der Waals surface area (Å²) in [5.74, 6) is -0.0382. The van der Waals surface area contributed by atoms with Gasteiger partial charge >= 0.3 is 0 Å². The van der Waals surface area contributed by atoms with E-state index in [4.69, 9.17) is 0 Å². The molecule has 2 heterocycles. The Kier molecular flexibility index (Phi) is 5.86. The molecule has 1 aliphatic heterocycles. The van der Waals surface area contributed by atoms with Crippen LogP contribution < -0.4 is 15.5 Å². The summed E-state index contributed by atoms with van der Waals surface area (Å²) >= 11 is 0. The molecule has 4 rings (SSSR count). The lowest BCUT2D eigenvalue weighted by Crippen LogP contribution is -2.43. The van der Waals surface area contributed by atoms with E-state index in [1.165, 1.54) is 0 Å². The van der Waals surface area contributed by atoms with Crippen LogP contribution in [0.1, 0.15) is 34.5 Å². The Hall–Kier alpha value is -3.12. The van der Waals surface area contributed by atoms with Crippen molar-refractivity contribution in [2.24, 2.45) is 7.05 Å². The van der Waals surface area contributed by atoms with Crippen LogP contribution in [0.4, 0.5) is 5.69 Å². The second-order valence-electron chi connectivity index (χ2n) is 7.96. The largest absolute Gasteiger partial charge is 0.369 e. The van der Waals surface area contributed by atoms with Gasteiger partial charge in [0.05, 0.1) is 12.2 Å². The fourth-order valence-corrected chi connectivity index (χ4v) is 3.89. The fourth-order valence-electron chi connectivity index (χ4n) is 3.89. The first-order valence-corrected chi connectivity index (χ1v) is 10.5. The lowest BCUT2D eigenvalue weighted by Gasteiger charge is -2.30. The van der Waals surface area contributed by atoms with Crippen LogP contribution in [0, 0.1) is 6.92 Å². The fraction of sp³-hybridized carbons (Fsp3) is 0.333. The van der Waals surface area contributed by atoms with Crippen molar-refractivity contribution in [1.29, 1.82) is 0 Å². The molecule has 1 fully saturated rings. The Morgan fingerprint density at radius 1 is 1.13 bits per heavy atom. The molecule has 1 amide bonds. The molecule has 1 unspecified atom stereocenters. The molecule has 1 atom stereocenters. The third-order valence-electron chi connectivity index (χ3n) is 5.72. The number of hydrogen-bond acceptors (Lipinski definition) is 4. The number of anilines is 1. The quantitative estimate of drug-likeness (QED) is 0.686. The summed E-state index contributed by atoms with van der Waals surface area (Å²) in [4.78, 5) is 15.4. The number of carbonyl (C=O) groups excluding carboxylic acids is 1. The average molecular weight is 404 g/mol. The second kappa shape index (κ2) is 8.71. The van der Waals surface area contributed by atoms with Gasteiger partial charge in [-0.05, 0) is 48.7 Å². The van der Waals surface area contributed by atoms with Crippen molar-refractivity contribution in [3.63, 3.8) is 0 Å². The van der Waals surface area contributed by atoms with Gasteiger partial charge in [-0.3, -0.25) is 9.48 Å². The van der Waals surface area contributed by atoms with Gasteiger partial charge in [-0.2, -0.15) is 5.10 Å². The van der Waals surface area contributed by atoms with Gasteiger partial charge < -0.3 is 15.5 Å².